The van der Waals surface area contributed by atoms with E-state index in [0.717, 1.165) is 39.1 Å². The predicted octanol–water partition coefficient (Wildman–Crippen LogP) is 12.9. The average molecular weight is 907 g/mol. The first kappa shape index (κ1) is 27.9. The summed E-state index contributed by atoms with van der Waals surface area (Å²) in [5.41, 5.74) is 5.13. The zero-order valence-electron chi connectivity index (χ0n) is 39.5. The second-order valence-electron chi connectivity index (χ2n) is 14.6. The van der Waals surface area contributed by atoms with Crippen LogP contribution in [0.15, 0.2) is 152 Å². The van der Waals surface area contributed by atoms with Crippen molar-refractivity contribution in [2.24, 2.45) is 0 Å². The van der Waals surface area contributed by atoms with E-state index < -0.39 is 26.0 Å². The van der Waals surface area contributed by atoms with Crippen molar-refractivity contribution in [1.29, 1.82) is 0 Å². The van der Waals surface area contributed by atoms with Crippen LogP contribution in [0.3, 0.4) is 0 Å². The number of nitrogens with zero attached hydrogens (tertiary/aromatic N) is 3. The molecule has 0 aliphatic heterocycles. The molecule has 0 aliphatic rings. The molecule has 0 saturated carbocycles. The summed E-state index contributed by atoms with van der Waals surface area (Å²) in [7, 11) is 0. The second kappa shape index (κ2) is 14.9. The molecule has 0 bridgehead atoms. The Balaban J connectivity index is 0.00000612. The van der Waals surface area contributed by atoms with Gasteiger partial charge in [-0.05, 0) is 69.5 Å². The normalized spacial score (nSPS) is 14.9. The molecule has 6 aromatic carbocycles. The minimum atomic E-state index is -3.47. The molecule has 1 N–H and O–H groups in total. The number of hydrogen-bond acceptors (Lipinski definition) is 3. The van der Waals surface area contributed by atoms with E-state index >= 15 is 0 Å². The molecule has 2 aromatic heterocycles. The van der Waals surface area contributed by atoms with E-state index in [9.17, 15) is 5.11 Å². The van der Waals surface area contributed by atoms with Gasteiger partial charge in [0.25, 0.3) is 0 Å². The van der Waals surface area contributed by atoms with Crippen molar-refractivity contribution >= 4 is 11.0 Å². The molecular formula is C50H44N3OPt-. The fourth-order valence-electron chi connectivity index (χ4n) is 6.89. The summed E-state index contributed by atoms with van der Waals surface area (Å²) in [5.74, 6) is 0.284. The van der Waals surface area contributed by atoms with Gasteiger partial charge in [0.2, 0.25) is 0 Å². The Kier molecular flexibility index (Phi) is 7.58. The van der Waals surface area contributed by atoms with Gasteiger partial charge in [0.1, 0.15) is 11.6 Å². The van der Waals surface area contributed by atoms with Crippen molar-refractivity contribution < 1.29 is 38.5 Å². The molecule has 4 nitrogen and oxygen atoms in total. The molecule has 5 heteroatoms. The number of pyridine rings is 1. The van der Waals surface area contributed by atoms with E-state index in [0.29, 0.717) is 39.2 Å². The molecule has 0 saturated heterocycles. The molecule has 0 amide bonds. The summed E-state index contributed by atoms with van der Waals surface area (Å²) in [5, 5.41) is 11.4. The standard InChI is InChI=1S/C50H44N3O.Pt/c1-49(2,3)38-24-25-44(42(32-38)34-18-11-8-12-19-34)53-45-22-15-21-40(47(45)52-48(53)41-20-13-14-23-46(41)54)36-28-37(30-39(29-36)50(4,5)6)43-31-35(26-27-51-43)33-16-9-7-10-17-33;/h7-27,29-32,54H,1-6H3;/q-1;/i1D3,2D3,3D3;. The van der Waals surface area contributed by atoms with Crippen molar-refractivity contribution in [1.82, 2.24) is 14.5 Å². The van der Waals surface area contributed by atoms with Gasteiger partial charge in [0.05, 0.1) is 22.3 Å². The molecule has 0 radical (unpaired) electrons. The summed E-state index contributed by atoms with van der Waals surface area (Å²) in [6.45, 7) is -3.97. The first-order valence-electron chi connectivity index (χ1n) is 22.3. The van der Waals surface area contributed by atoms with E-state index in [1.165, 1.54) is 12.1 Å². The minimum absolute atomic E-state index is 0. The zero-order valence-corrected chi connectivity index (χ0v) is 32.8. The Hall–Kier alpha value is -5.57. The topological polar surface area (TPSA) is 50.9 Å². The monoisotopic (exact) mass is 906 g/mol. The van der Waals surface area contributed by atoms with Crippen LogP contribution >= 0.6 is 0 Å². The minimum Gasteiger partial charge on any atom is -0.507 e. The third-order valence-corrected chi connectivity index (χ3v) is 9.75. The number of aromatic nitrogens is 3. The van der Waals surface area contributed by atoms with Gasteiger partial charge >= 0.3 is 0 Å². The van der Waals surface area contributed by atoms with Crippen molar-refractivity contribution in [3.8, 4) is 67.5 Å². The Morgan fingerprint density at radius 3 is 1.98 bits per heavy atom. The average Bonchev–Trinajstić information content (AvgIpc) is 3.62. The predicted molar refractivity (Wildman–Crippen MR) is 224 cm³/mol. The molecule has 2 heterocycles. The van der Waals surface area contributed by atoms with Gasteiger partial charge in [0, 0.05) is 50.9 Å². The van der Waals surface area contributed by atoms with Crippen LogP contribution in [0, 0.1) is 6.07 Å². The van der Waals surface area contributed by atoms with E-state index in [4.69, 9.17) is 22.3 Å². The Morgan fingerprint density at radius 1 is 0.600 bits per heavy atom. The molecule has 0 fully saturated rings. The molecule has 0 aliphatic carbocycles. The van der Waals surface area contributed by atoms with Gasteiger partial charge in [0.15, 0.2) is 0 Å². The third kappa shape index (κ3) is 7.44. The zero-order chi connectivity index (χ0) is 45.1. The number of phenolic OH excluding ortho intramolecular Hbond substituents is 1. The molecule has 0 atom stereocenters. The van der Waals surface area contributed by atoms with Crippen LogP contribution in [0.5, 0.6) is 5.75 Å². The quantitative estimate of drug-likeness (QED) is 0.169. The van der Waals surface area contributed by atoms with Crippen LogP contribution in [0.4, 0.5) is 0 Å². The molecule has 55 heavy (non-hydrogen) atoms. The van der Waals surface area contributed by atoms with Crippen molar-refractivity contribution in [3.63, 3.8) is 0 Å². The third-order valence-electron chi connectivity index (χ3n) is 9.75. The van der Waals surface area contributed by atoms with E-state index in [1.54, 1.807) is 66.9 Å². The van der Waals surface area contributed by atoms with Crippen molar-refractivity contribution in [2.75, 3.05) is 0 Å². The molecule has 0 spiro atoms. The Bertz CT molecular complexity index is 2940. The number of imidazole rings is 1. The summed E-state index contributed by atoms with van der Waals surface area (Å²) in [6, 6.07) is 47.6. The largest absolute Gasteiger partial charge is 0.507 e. The van der Waals surface area contributed by atoms with Crippen LogP contribution in [0.1, 0.15) is 64.8 Å². The van der Waals surface area contributed by atoms with Gasteiger partial charge in [-0.25, -0.2) is 4.98 Å². The van der Waals surface area contributed by atoms with Crippen LogP contribution in [-0.2, 0) is 31.9 Å². The van der Waals surface area contributed by atoms with Gasteiger partial charge in [-0.1, -0.05) is 150 Å². The molecule has 0 unspecified atom stereocenters. The van der Waals surface area contributed by atoms with Crippen LogP contribution in [0.2, 0.25) is 0 Å². The van der Waals surface area contributed by atoms with Gasteiger partial charge in [-0.2, -0.15) is 0 Å². The molecule has 8 rings (SSSR count). The number of para-hydroxylation sites is 2. The Labute approximate surface area is 351 Å². The summed E-state index contributed by atoms with van der Waals surface area (Å²) >= 11 is 0. The number of phenols is 1. The SMILES string of the molecule is [2H]C([2H])([2H])C(c1ccc(-n2c(-c3ccccc3O)nc3c(-c4[c-]c(-c5cc(-c6ccccc6)ccn5)cc(C(C)(C)C)c4)cccc32)c(-c2ccccc2)c1)(C([2H])([2H])[2H])C([2H])([2H])[2H].[Pt]. The smallest absolute Gasteiger partial charge is 0.148 e. The maximum atomic E-state index is 11.4. The van der Waals surface area contributed by atoms with Gasteiger partial charge in [-0.3, -0.25) is 9.55 Å². The summed E-state index contributed by atoms with van der Waals surface area (Å²) in [4.78, 5) is 10.1. The van der Waals surface area contributed by atoms with E-state index in [2.05, 4.69) is 57.2 Å². The first-order chi connectivity index (χ1) is 29.7. The summed E-state index contributed by atoms with van der Waals surface area (Å²) in [6.07, 6.45) is 1.80. The number of hydrogen-bond donors (Lipinski definition) is 1. The van der Waals surface area contributed by atoms with E-state index in [-0.39, 0.29) is 37.8 Å². The number of benzene rings is 6. The second-order valence-corrected chi connectivity index (χ2v) is 14.6. The Morgan fingerprint density at radius 2 is 1.27 bits per heavy atom. The number of rotatable bonds is 6. The van der Waals surface area contributed by atoms with Crippen LogP contribution < -0.4 is 0 Å². The molecular weight excluding hydrogens is 854 g/mol. The van der Waals surface area contributed by atoms with Crippen molar-refractivity contribution in [3.05, 3.63) is 169 Å². The fraction of sp³-hybridized carbons (Fsp3) is 0.160. The summed E-state index contributed by atoms with van der Waals surface area (Å²) < 4.78 is 78.1. The molecule has 276 valence electrons. The molecule has 8 aromatic rings. The van der Waals surface area contributed by atoms with Gasteiger partial charge < -0.3 is 5.11 Å². The number of fused-ring (bicyclic) bond motifs is 1. The van der Waals surface area contributed by atoms with Crippen LogP contribution in [0.25, 0.3) is 72.7 Å². The number of aromatic hydroxyl groups is 1. The maximum absolute atomic E-state index is 11.4. The van der Waals surface area contributed by atoms with E-state index in [1.807, 2.05) is 47.0 Å². The van der Waals surface area contributed by atoms with Crippen molar-refractivity contribution in [2.45, 2.75) is 52.2 Å². The van der Waals surface area contributed by atoms with Crippen LogP contribution in [-0.4, -0.2) is 19.6 Å². The fourth-order valence-corrected chi connectivity index (χ4v) is 6.89. The maximum Gasteiger partial charge on any atom is 0.148 e. The van der Waals surface area contributed by atoms with Gasteiger partial charge in [-0.15, -0.1) is 29.3 Å². The first-order valence-corrected chi connectivity index (χ1v) is 17.8.